The second-order valence-electron chi connectivity index (χ2n) is 7.33. The van der Waals surface area contributed by atoms with Crippen LogP contribution < -0.4 is 10.0 Å². The fraction of sp³-hybridized carbons (Fsp3) is 0.227. The number of nitrogens with zero attached hydrogens (tertiary/aromatic N) is 3. The lowest BCUT2D eigenvalue weighted by atomic mass is 10.1. The van der Waals surface area contributed by atoms with Crippen molar-refractivity contribution in [3.8, 4) is 10.7 Å². The molecule has 32 heavy (non-hydrogen) atoms. The number of anilines is 1. The Hall–Kier alpha value is -2.45. The van der Waals surface area contributed by atoms with Gasteiger partial charge in [0, 0.05) is 25.7 Å². The highest BCUT2D eigenvalue weighted by Crippen LogP contribution is 2.47. The van der Waals surface area contributed by atoms with Crippen molar-refractivity contribution in [3.63, 3.8) is 0 Å². The summed E-state index contributed by atoms with van der Waals surface area (Å²) < 4.78 is 5.61. The van der Waals surface area contributed by atoms with Gasteiger partial charge in [0.15, 0.2) is 11.5 Å². The first-order valence-electron chi connectivity index (χ1n) is 10.1. The molecule has 0 radical (unpaired) electrons. The number of H-pyrrole nitrogens is 1. The number of fused-ring (bicyclic) bond motifs is 1. The minimum atomic E-state index is -0.252. The maximum Gasteiger partial charge on any atom is 0.253 e. The van der Waals surface area contributed by atoms with Gasteiger partial charge < -0.3 is 15.0 Å². The molecule has 1 atom stereocenters. The van der Waals surface area contributed by atoms with Crippen LogP contribution in [-0.4, -0.2) is 52.8 Å². The maximum absolute atomic E-state index is 12.8. The molecule has 0 saturated heterocycles. The van der Waals surface area contributed by atoms with E-state index in [2.05, 4.69) is 74.7 Å². The number of thiophene rings is 1. The second kappa shape index (κ2) is 10.4. The predicted octanol–water partition coefficient (Wildman–Crippen LogP) is 5.22. The SMILES string of the molecule is CN(C)P(C)SNc1ccc(CCNC(=O)c2ccnc3nc(-c4cccs4)[nH]c23)cc1. The van der Waals surface area contributed by atoms with E-state index in [1.54, 1.807) is 35.2 Å². The van der Waals surface area contributed by atoms with Crippen LogP contribution in [0.15, 0.2) is 54.0 Å². The fourth-order valence-electron chi connectivity index (χ4n) is 2.99. The van der Waals surface area contributed by atoms with E-state index in [1.165, 1.54) is 5.56 Å². The summed E-state index contributed by atoms with van der Waals surface area (Å²) in [7, 11) is 3.92. The molecular formula is C22H25N6OPS2. The highest BCUT2D eigenvalue weighted by atomic mass is 32.7. The van der Waals surface area contributed by atoms with Crippen LogP contribution in [0.25, 0.3) is 21.9 Å². The van der Waals surface area contributed by atoms with Crippen LogP contribution in [-0.2, 0) is 6.42 Å². The van der Waals surface area contributed by atoms with E-state index in [0.29, 0.717) is 23.3 Å². The van der Waals surface area contributed by atoms with Gasteiger partial charge in [0.1, 0.15) is 0 Å². The Morgan fingerprint density at radius 3 is 2.75 bits per heavy atom. The molecule has 0 aliphatic carbocycles. The minimum absolute atomic E-state index is 0.131. The zero-order valence-corrected chi connectivity index (χ0v) is 20.7. The molecule has 3 heterocycles. The number of aromatic amines is 1. The number of carbonyl (C=O) groups is 1. The molecule has 0 aliphatic heterocycles. The van der Waals surface area contributed by atoms with Crippen molar-refractivity contribution in [2.75, 3.05) is 32.0 Å². The molecule has 0 saturated carbocycles. The number of amides is 1. The highest BCUT2D eigenvalue weighted by Gasteiger charge is 2.15. The van der Waals surface area contributed by atoms with E-state index >= 15 is 0 Å². The van der Waals surface area contributed by atoms with E-state index in [0.717, 1.165) is 22.8 Å². The fourth-order valence-corrected chi connectivity index (χ4v) is 5.39. The van der Waals surface area contributed by atoms with Gasteiger partial charge in [0.2, 0.25) is 0 Å². The van der Waals surface area contributed by atoms with Crippen molar-refractivity contribution in [2.45, 2.75) is 6.42 Å². The van der Waals surface area contributed by atoms with Gasteiger partial charge in [0.05, 0.1) is 16.0 Å². The molecular weight excluding hydrogens is 459 g/mol. The number of carbonyl (C=O) groups excluding carboxylic acids is 1. The van der Waals surface area contributed by atoms with E-state index in [-0.39, 0.29) is 13.2 Å². The normalized spacial score (nSPS) is 12.2. The lowest BCUT2D eigenvalue weighted by Crippen LogP contribution is -2.26. The number of hydrogen-bond donors (Lipinski definition) is 3. The summed E-state index contributed by atoms with van der Waals surface area (Å²) in [6, 6.07) is 14.0. The van der Waals surface area contributed by atoms with Gasteiger partial charge in [-0.1, -0.05) is 18.2 Å². The molecule has 3 N–H and O–H groups in total. The van der Waals surface area contributed by atoms with Crippen LogP contribution in [0, 0.1) is 0 Å². The third kappa shape index (κ3) is 5.48. The number of benzene rings is 1. The standard InChI is InChI=1S/C22H25N6OPS2/c1-28(2)30(3)32-27-16-8-6-15(7-9-16)10-12-24-22(29)17-11-13-23-21-19(17)25-20(26-21)18-5-4-14-31-18/h4-9,11,13-14,27H,10,12H2,1-3H3,(H,24,29)(H,23,25,26). The van der Waals surface area contributed by atoms with Gasteiger partial charge in [-0.3, -0.25) is 9.46 Å². The van der Waals surface area contributed by atoms with Crippen LogP contribution in [0.5, 0.6) is 0 Å². The van der Waals surface area contributed by atoms with Crippen molar-refractivity contribution in [3.05, 3.63) is 65.2 Å². The number of hydrogen-bond acceptors (Lipinski definition) is 7. The van der Waals surface area contributed by atoms with Crippen molar-refractivity contribution < 1.29 is 4.79 Å². The molecule has 3 aromatic heterocycles. The second-order valence-corrected chi connectivity index (χ2v) is 12.5. The summed E-state index contributed by atoms with van der Waals surface area (Å²) in [5.74, 6) is 0.601. The molecule has 1 amide bonds. The Kier molecular flexibility index (Phi) is 7.42. The number of imidazole rings is 1. The zero-order chi connectivity index (χ0) is 22.5. The molecule has 0 aliphatic rings. The molecule has 0 fully saturated rings. The largest absolute Gasteiger partial charge is 0.352 e. The Morgan fingerprint density at radius 2 is 2.03 bits per heavy atom. The Balaban J connectivity index is 1.34. The third-order valence-electron chi connectivity index (χ3n) is 4.90. The van der Waals surface area contributed by atoms with Crippen LogP contribution in [0.2, 0.25) is 0 Å². The van der Waals surface area contributed by atoms with Crippen LogP contribution >= 0.6 is 30.2 Å². The first-order chi connectivity index (χ1) is 15.5. The van der Waals surface area contributed by atoms with Crippen molar-refractivity contribution in [1.29, 1.82) is 0 Å². The van der Waals surface area contributed by atoms with Gasteiger partial charge in [-0.05, 0) is 74.0 Å². The molecule has 0 spiro atoms. The average Bonchev–Trinajstić information content (AvgIpc) is 3.47. The Bertz CT molecular complexity index is 1180. The van der Waals surface area contributed by atoms with E-state index in [1.807, 2.05) is 17.5 Å². The van der Waals surface area contributed by atoms with E-state index < -0.39 is 0 Å². The molecule has 4 rings (SSSR count). The quantitative estimate of drug-likeness (QED) is 0.223. The number of aromatic nitrogens is 3. The van der Waals surface area contributed by atoms with Gasteiger partial charge in [-0.15, -0.1) is 11.3 Å². The number of nitrogens with one attached hydrogen (secondary N) is 3. The third-order valence-corrected chi connectivity index (χ3v) is 9.54. The number of pyridine rings is 1. The summed E-state index contributed by atoms with van der Waals surface area (Å²) in [4.78, 5) is 25.9. The minimum Gasteiger partial charge on any atom is -0.352 e. The summed E-state index contributed by atoms with van der Waals surface area (Å²) in [6.45, 7) is 2.77. The molecule has 10 heteroatoms. The van der Waals surface area contributed by atoms with Crippen LogP contribution in [0.3, 0.4) is 0 Å². The van der Waals surface area contributed by atoms with Crippen LogP contribution in [0.4, 0.5) is 5.69 Å². The molecule has 4 aromatic rings. The number of rotatable bonds is 9. The molecule has 166 valence electrons. The summed E-state index contributed by atoms with van der Waals surface area (Å²) in [5.41, 5.74) is 4.02. The highest BCUT2D eigenvalue weighted by molar-refractivity contribution is 8.55. The summed E-state index contributed by atoms with van der Waals surface area (Å²) >= 11 is 3.33. The average molecular weight is 485 g/mol. The lowest BCUT2D eigenvalue weighted by Gasteiger charge is -2.19. The monoisotopic (exact) mass is 484 g/mol. The predicted molar refractivity (Wildman–Crippen MR) is 137 cm³/mol. The van der Waals surface area contributed by atoms with Gasteiger partial charge in [-0.2, -0.15) is 0 Å². The first-order valence-corrected chi connectivity index (χ1v) is 14.2. The first kappa shape index (κ1) is 22.7. The Labute approximate surface area is 196 Å². The van der Waals surface area contributed by atoms with E-state index in [9.17, 15) is 4.79 Å². The molecule has 0 bridgehead atoms. The molecule has 1 unspecified atom stereocenters. The van der Waals surface area contributed by atoms with Crippen molar-refractivity contribution in [1.82, 2.24) is 24.9 Å². The van der Waals surface area contributed by atoms with E-state index in [4.69, 9.17) is 0 Å². The molecule has 7 nitrogen and oxygen atoms in total. The van der Waals surface area contributed by atoms with Crippen LogP contribution in [0.1, 0.15) is 15.9 Å². The topological polar surface area (TPSA) is 85.9 Å². The Morgan fingerprint density at radius 1 is 1.22 bits per heavy atom. The summed E-state index contributed by atoms with van der Waals surface area (Å²) in [5, 5.41) is 5.01. The smallest absolute Gasteiger partial charge is 0.253 e. The zero-order valence-electron chi connectivity index (χ0n) is 18.1. The van der Waals surface area contributed by atoms with Gasteiger partial charge in [-0.25, -0.2) is 9.97 Å². The van der Waals surface area contributed by atoms with Gasteiger partial charge >= 0.3 is 0 Å². The summed E-state index contributed by atoms with van der Waals surface area (Å²) in [6.07, 6.45) is 2.38. The van der Waals surface area contributed by atoms with Crippen molar-refractivity contribution >= 4 is 52.9 Å². The van der Waals surface area contributed by atoms with Gasteiger partial charge in [0.25, 0.3) is 5.91 Å². The molecule has 1 aromatic carbocycles. The maximum atomic E-state index is 12.8. The lowest BCUT2D eigenvalue weighted by molar-refractivity contribution is 0.0955. The van der Waals surface area contributed by atoms with Crippen molar-refractivity contribution in [2.24, 2.45) is 0 Å².